The second-order valence-corrected chi connectivity index (χ2v) is 3.99. The van der Waals surface area contributed by atoms with Crippen molar-refractivity contribution in [1.82, 2.24) is 0 Å². The van der Waals surface area contributed by atoms with E-state index >= 15 is 0 Å². The monoisotopic (exact) mass is 248 g/mol. The van der Waals surface area contributed by atoms with E-state index in [2.05, 4.69) is 0 Å². The van der Waals surface area contributed by atoms with Crippen LogP contribution in [-0.2, 0) is 20.9 Å². The fourth-order valence-electron chi connectivity index (χ4n) is 1.50. The van der Waals surface area contributed by atoms with E-state index < -0.39 is 0 Å². The third-order valence-electron chi connectivity index (χ3n) is 2.40. The third-order valence-corrected chi connectivity index (χ3v) is 2.40. The number of ether oxygens (including phenoxy) is 2. The topological polar surface area (TPSA) is 35.5 Å². The van der Waals surface area contributed by atoms with Crippen molar-refractivity contribution >= 4 is 5.97 Å². The number of carbonyl (C=O) groups is 1. The van der Waals surface area contributed by atoms with Crippen molar-refractivity contribution in [3.63, 3.8) is 0 Å². The molecule has 0 aliphatic heterocycles. The summed E-state index contributed by atoms with van der Waals surface area (Å²) in [6.07, 6.45) is 4.38. The molecule has 0 amide bonds. The molecule has 1 aromatic carbocycles. The van der Waals surface area contributed by atoms with E-state index in [1.54, 1.807) is 0 Å². The standard InChI is InChI=1S/C15H20O3/c1-3-15(18-13(2)16)10-7-11-17-12-14-8-5-4-6-9-14/h4-10,15H,3,11-12H2,1-2H3/b10-7+/t15-/m1/s1. The molecule has 1 aromatic rings. The Labute approximate surface area is 108 Å². The van der Waals surface area contributed by atoms with Crippen molar-refractivity contribution in [2.45, 2.75) is 33.0 Å². The Hall–Kier alpha value is -1.61. The van der Waals surface area contributed by atoms with Gasteiger partial charge in [-0.3, -0.25) is 4.79 Å². The van der Waals surface area contributed by atoms with Gasteiger partial charge in [0.1, 0.15) is 6.10 Å². The molecule has 0 heterocycles. The molecule has 1 rings (SSSR count). The number of rotatable bonds is 7. The van der Waals surface area contributed by atoms with Gasteiger partial charge in [0.15, 0.2) is 0 Å². The first-order valence-electron chi connectivity index (χ1n) is 6.18. The summed E-state index contributed by atoms with van der Waals surface area (Å²) in [6, 6.07) is 10.0. The summed E-state index contributed by atoms with van der Waals surface area (Å²) in [5, 5.41) is 0. The fraction of sp³-hybridized carbons (Fsp3) is 0.400. The van der Waals surface area contributed by atoms with Gasteiger partial charge in [0.25, 0.3) is 0 Å². The Kier molecular flexibility index (Phi) is 6.81. The molecule has 98 valence electrons. The molecule has 3 nitrogen and oxygen atoms in total. The maximum atomic E-state index is 10.8. The molecule has 3 heteroatoms. The van der Waals surface area contributed by atoms with E-state index in [1.165, 1.54) is 6.92 Å². The highest BCUT2D eigenvalue weighted by Gasteiger charge is 2.03. The number of esters is 1. The largest absolute Gasteiger partial charge is 0.458 e. The molecule has 0 fully saturated rings. The molecular weight excluding hydrogens is 228 g/mol. The molecule has 0 spiro atoms. The van der Waals surface area contributed by atoms with Gasteiger partial charge in [-0.2, -0.15) is 0 Å². The van der Waals surface area contributed by atoms with E-state index in [1.807, 2.05) is 49.4 Å². The van der Waals surface area contributed by atoms with E-state index in [0.29, 0.717) is 13.2 Å². The summed E-state index contributed by atoms with van der Waals surface area (Å²) in [5.41, 5.74) is 1.15. The van der Waals surface area contributed by atoms with Crippen LogP contribution in [0, 0.1) is 0 Å². The highest BCUT2D eigenvalue weighted by Crippen LogP contribution is 2.02. The molecule has 0 aliphatic rings. The quantitative estimate of drug-likeness (QED) is 0.422. The number of carbonyl (C=O) groups excluding carboxylic acids is 1. The van der Waals surface area contributed by atoms with Gasteiger partial charge < -0.3 is 9.47 Å². The number of hydrogen-bond donors (Lipinski definition) is 0. The lowest BCUT2D eigenvalue weighted by atomic mass is 10.2. The Morgan fingerprint density at radius 3 is 2.67 bits per heavy atom. The molecule has 0 aliphatic carbocycles. The van der Waals surface area contributed by atoms with Crippen LogP contribution in [0.5, 0.6) is 0 Å². The van der Waals surface area contributed by atoms with Crippen LogP contribution in [0.2, 0.25) is 0 Å². The normalized spacial score (nSPS) is 12.6. The summed E-state index contributed by atoms with van der Waals surface area (Å²) >= 11 is 0. The number of hydrogen-bond acceptors (Lipinski definition) is 3. The Bertz CT molecular complexity index is 371. The van der Waals surface area contributed by atoms with Gasteiger partial charge >= 0.3 is 5.97 Å². The summed E-state index contributed by atoms with van der Waals surface area (Å²) < 4.78 is 10.6. The predicted octanol–water partition coefficient (Wildman–Crippen LogP) is 3.10. The second kappa shape index (κ2) is 8.48. The Balaban J connectivity index is 2.22. The molecular formula is C15H20O3. The van der Waals surface area contributed by atoms with Gasteiger partial charge in [0.2, 0.25) is 0 Å². The van der Waals surface area contributed by atoms with Crippen molar-refractivity contribution in [3.8, 4) is 0 Å². The zero-order valence-electron chi connectivity index (χ0n) is 11.0. The first-order valence-corrected chi connectivity index (χ1v) is 6.18. The first-order chi connectivity index (χ1) is 8.72. The lowest BCUT2D eigenvalue weighted by molar-refractivity contribution is -0.144. The van der Waals surface area contributed by atoms with Gasteiger partial charge in [-0.15, -0.1) is 0 Å². The molecule has 0 radical (unpaired) electrons. The zero-order chi connectivity index (χ0) is 13.2. The molecule has 1 atom stereocenters. The summed E-state index contributed by atoms with van der Waals surface area (Å²) in [7, 11) is 0. The molecule has 0 bridgehead atoms. The van der Waals surface area contributed by atoms with Crippen molar-refractivity contribution in [1.29, 1.82) is 0 Å². The van der Waals surface area contributed by atoms with Crippen LogP contribution in [0.1, 0.15) is 25.8 Å². The molecule has 0 N–H and O–H groups in total. The summed E-state index contributed by atoms with van der Waals surface area (Å²) in [5.74, 6) is -0.253. The van der Waals surface area contributed by atoms with Gasteiger partial charge in [-0.25, -0.2) is 0 Å². The minimum atomic E-state index is -0.253. The minimum absolute atomic E-state index is 0.150. The zero-order valence-corrected chi connectivity index (χ0v) is 11.0. The van der Waals surface area contributed by atoms with E-state index in [9.17, 15) is 4.79 Å². The average molecular weight is 248 g/mol. The Morgan fingerprint density at radius 1 is 1.33 bits per heavy atom. The first kappa shape index (κ1) is 14.5. The van der Waals surface area contributed by atoms with Crippen molar-refractivity contribution in [2.24, 2.45) is 0 Å². The second-order valence-electron chi connectivity index (χ2n) is 3.99. The van der Waals surface area contributed by atoms with E-state index in [0.717, 1.165) is 12.0 Å². The highest BCUT2D eigenvalue weighted by atomic mass is 16.5. The molecule has 0 aromatic heterocycles. The fourth-order valence-corrected chi connectivity index (χ4v) is 1.50. The smallest absolute Gasteiger partial charge is 0.303 e. The van der Waals surface area contributed by atoms with Gasteiger partial charge in [-0.1, -0.05) is 43.3 Å². The maximum Gasteiger partial charge on any atom is 0.303 e. The van der Waals surface area contributed by atoms with Crippen LogP contribution in [0.15, 0.2) is 42.5 Å². The SMILES string of the molecule is CC[C@H](/C=C/COCc1ccccc1)OC(C)=O. The maximum absolute atomic E-state index is 10.8. The average Bonchev–Trinajstić information content (AvgIpc) is 2.37. The van der Waals surface area contributed by atoms with Crippen molar-refractivity contribution in [3.05, 3.63) is 48.0 Å². The van der Waals surface area contributed by atoms with Crippen molar-refractivity contribution < 1.29 is 14.3 Å². The van der Waals surface area contributed by atoms with E-state index in [4.69, 9.17) is 9.47 Å². The minimum Gasteiger partial charge on any atom is -0.458 e. The van der Waals surface area contributed by atoms with Crippen molar-refractivity contribution in [2.75, 3.05) is 6.61 Å². The lowest BCUT2D eigenvalue weighted by Gasteiger charge is -2.09. The number of benzene rings is 1. The molecule has 0 saturated heterocycles. The summed E-state index contributed by atoms with van der Waals surface area (Å²) in [6.45, 7) is 4.51. The molecule has 18 heavy (non-hydrogen) atoms. The molecule has 0 unspecified atom stereocenters. The van der Waals surface area contributed by atoms with Crippen LogP contribution in [-0.4, -0.2) is 18.7 Å². The van der Waals surface area contributed by atoms with Crippen LogP contribution in [0.25, 0.3) is 0 Å². The van der Waals surface area contributed by atoms with Crippen LogP contribution in [0.3, 0.4) is 0 Å². The third kappa shape index (κ3) is 6.21. The Morgan fingerprint density at radius 2 is 2.06 bits per heavy atom. The summed E-state index contributed by atoms with van der Waals surface area (Å²) in [4.78, 5) is 10.8. The van der Waals surface area contributed by atoms with Crippen LogP contribution in [0.4, 0.5) is 0 Å². The molecule has 0 saturated carbocycles. The van der Waals surface area contributed by atoms with Gasteiger partial charge in [0.05, 0.1) is 13.2 Å². The lowest BCUT2D eigenvalue weighted by Crippen LogP contribution is -2.12. The van der Waals surface area contributed by atoms with Gasteiger partial charge in [-0.05, 0) is 18.1 Å². The van der Waals surface area contributed by atoms with Crippen LogP contribution >= 0.6 is 0 Å². The predicted molar refractivity (Wildman–Crippen MR) is 71.1 cm³/mol. The van der Waals surface area contributed by atoms with Gasteiger partial charge in [0, 0.05) is 6.92 Å². The van der Waals surface area contributed by atoms with E-state index in [-0.39, 0.29) is 12.1 Å². The highest BCUT2D eigenvalue weighted by molar-refractivity contribution is 5.66. The van der Waals surface area contributed by atoms with Crippen LogP contribution < -0.4 is 0 Å².